The van der Waals surface area contributed by atoms with Gasteiger partial charge in [-0.2, -0.15) is 0 Å². The van der Waals surface area contributed by atoms with Gasteiger partial charge < -0.3 is 10.6 Å². The number of halogens is 1. The molecular weight excluding hydrogens is 286 g/mol. The summed E-state index contributed by atoms with van der Waals surface area (Å²) in [4.78, 5) is 18.7. The Morgan fingerprint density at radius 2 is 2.19 bits per heavy atom. The number of hydrogen-bond acceptors (Lipinski definition) is 3. The average Bonchev–Trinajstić information content (AvgIpc) is 2.96. The third kappa shape index (κ3) is 2.72. The van der Waals surface area contributed by atoms with Gasteiger partial charge in [0.25, 0.3) is 5.91 Å². The van der Waals surface area contributed by atoms with Crippen molar-refractivity contribution in [1.29, 1.82) is 0 Å². The molecule has 1 aliphatic heterocycles. The van der Waals surface area contributed by atoms with E-state index in [1.807, 2.05) is 29.2 Å². The van der Waals surface area contributed by atoms with Crippen molar-refractivity contribution in [3.05, 3.63) is 58.9 Å². The predicted molar refractivity (Wildman–Crippen MR) is 83.1 cm³/mol. The smallest absolute Gasteiger partial charge is 0.275 e. The Morgan fingerprint density at radius 3 is 2.95 bits per heavy atom. The zero-order chi connectivity index (χ0) is 14.8. The van der Waals surface area contributed by atoms with Gasteiger partial charge in [0.1, 0.15) is 0 Å². The molecule has 21 heavy (non-hydrogen) atoms. The van der Waals surface area contributed by atoms with E-state index in [0.717, 1.165) is 18.4 Å². The van der Waals surface area contributed by atoms with Crippen molar-refractivity contribution in [2.45, 2.75) is 18.9 Å². The van der Waals surface area contributed by atoms with Gasteiger partial charge in [-0.3, -0.25) is 4.79 Å². The number of benzene rings is 1. The van der Waals surface area contributed by atoms with Crippen molar-refractivity contribution in [1.82, 2.24) is 9.88 Å². The number of nitrogens with zero attached hydrogens (tertiary/aromatic N) is 2. The molecule has 0 spiro atoms. The number of hydrogen-bond donors (Lipinski definition) is 1. The maximum atomic E-state index is 12.7. The highest BCUT2D eigenvalue weighted by Crippen LogP contribution is 2.34. The van der Waals surface area contributed by atoms with Crippen LogP contribution in [0.3, 0.4) is 0 Å². The number of pyridine rings is 1. The molecule has 1 unspecified atom stereocenters. The first-order valence-electron chi connectivity index (χ1n) is 6.94. The Balaban J connectivity index is 1.91. The van der Waals surface area contributed by atoms with Crippen molar-refractivity contribution in [3.63, 3.8) is 0 Å². The van der Waals surface area contributed by atoms with Gasteiger partial charge >= 0.3 is 0 Å². The summed E-state index contributed by atoms with van der Waals surface area (Å²) >= 11 is 6.06. The number of carbonyl (C=O) groups excluding carboxylic acids is 1. The minimum Gasteiger partial charge on any atom is -0.397 e. The second-order valence-electron chi connectivity index (χ2n) is 5.15. The van der Waals surface area contributed by atoms with Crippen LogP contribution in [0.1, 0.15) is 34.9 Å². The van der Waals surface area contributed by atoms with Gasteiger partial charge in [0.2, 0.25) is 0 Å². The molecule has 2 heterocycles. The van der Waals surface area contributed by atoms with Gasteiger partial charge in [0.15, 0.2) is 5.69 Å². The lowest BCUT2D eigenvalue weighted by molar-refractivity contribution is 0.0731. The fraction of sp³-hybridized carbons (Fsp3) is 0.250. The summed E-state index contributed by atoms with van der Waals surface area (Å²) in [5, 5.41) is 0.684. The first kappa shape index (κ1) is 13.9. The second kappa shape index (κ2) is 5.74. The molecule has 4 nitrogen and oxygen atoms in total. The molecule has 1 fully saturated rings. The van der Waals surface area contributed by atoms with E-state index in [4.69, 9.17) is 17.3 Å². The molecule has 1 aliphatic rings. The van der Waals surface area contributed by atoms with Crippen molar-refractivity contribution in [2.75, 3.05) is 12.3 Å². The summed E-state index contributed by atoms with van der Waals surface area (Å²) in [5.41, 5.74) is 7.67. The number of anilines is 1. The van der Waals surface area contributed by atoms with Crippen LogP contribution < -0.4 is 5.73 Å². The summed E-state index contributed by atoms with van der Waals surface area (Å²) in [7, 11) is 0. The molecule has 1 saturated heterocycles. The number of carbonyl (C=O) groups is 1. The highest BCUT2D eigenvalue weighted by Gasteiger charge is 2.32. The van der Waals surface area contributed by atoms with E-state index in [9.17, 15) is 4.79 Å². The van der Waals surface area contributed by atoms with Gasteiger partial charge in [0.05, 0.1) is 11.7 Å². The van der Waals surface area contributed by atoms with Crippen LogP contribution in [-0.2, 0) is 0 Å². The Bertz CT molecular complexity index is 674. The Kier molecular flexibility index (Phi) is 3.80. The number of aromatic nitrogens is 1. The van der Waals surface area contributed by atoms with E-state index in [0.29, 0.717) is 22.9 Å². The molecule has 2 N–H and O–H groups in total. The molecular formula is C16H16ClN3O. The lowest BCUT2D eigenvalue weighted by atomic mass is 10.0. The number of nitrogen functional groups attached to an aromatic ring is 1. The maximum absolute atomic E-state index is 12.7. The average molecular weight is 302 g/mol. The first-order valence-corrected chi connectivity index (χ1v) is 7.31. The van der Waals surface area contributed by atoms with Crippen LogP contribution in [0.15, 0.2) is 42.6 Å². The number of nitrogens with two attached hydrogens (primary N) is 1. The summed E-state index contributed by atoms with van der Waals surface area (Å²) < 4.78 is 0. The van der Waals surface area contributed by atoms with E-state index >= 15 is 0 Å². The van der Waals surface area contributed by atoms with E-state index in [1.54, 1.807) is 18.3 Å². The van der Waals surface area contributed by atoms with Crippen molar-refractivity contribution >= 4 is 23.2 Å². The van der Waals surface area contributed by atoms with Crippen LogP contribution in [0.25, 0.3) is 0 Å². The molecule has 0 bridgehead atoms. The zero-order valence-electron chi connectivity index (χ0n) is 11.5. The molecule has 0 aliphatic carbocycles. The highest BCUT2D eigenvalue weighted by atomic mass is 35.5. The van der Waals surface area contributed by atoms with E-state index in [2.05, 4.69) is 4.98 Å². The quantitative estimate of drug-likeness (QED) is 0.926. The molecule has 2 aromatic rings. The molecule has 5 heteroatoms. The fourth-order valence-corrected chi connectivity index (χ4v) is 3.00. The standard InChI is InChI=1S/C16H16ClN3O/c17-12-5-1-4-11(10-12)14-7-3-9-20(14)16(21)15-13(18)6-2-8-19-15/h1-2,4-6,8,10,14H,3,7,9,18H2. The molecule has 108 valence electrons. The van der Waals surface area contributed by atoms with Crippen molar-refractivity contribution in [3.8, 4) is 0 Å². The third-order valence-electron chi connectivity index (χ3n) is 3.79. The van der Waals surface area contributed by atoms with E-state index < -0.39 is 0 Å². The van der Waals surface area contributed by atoms with E-state index in [-0.39, 0.29) is 11.9 Å². The summed E-state index contributed by atoms with van der Waals surface area (Å²) in [6.45, 7) is 0.714. The van der Waals surface area contributed by atoms with Gasteiger partial charge in [-0.1, -0.05) is 23.7 Å². The maximum Gasteiger partial charge on any atom is 0.275 e. The third-order valence-corrected chi connectivity index (χ3v) is 4.02. The monoisotopic (exact) mass is 301 g/mol. The Labute approximate surface area is 128 Å². The molecule has 1 atom stereocenters. The molecule has 1 aromatic heterocycles. The molecule has 1 aromatic carbocycles. The van der Waals surface area contributed by atoms with Gasteiger partial charge in [-0.05, 0) is 42.7 Å². The van der Waals surface area contributed by atoms with Crippen LogP contribution in [0.4, 0.5) is 5.69 Å². The molecule has 1 amide bonds. The number of likely N-dealkylation sites (tertiary alicyclic amines) is 1. The lowest BCUT2D eigenvalue weighted by Crippen LogP contribution is -2.31. The van der Waals surface area contributed by atoms with Crippen molar-refractivity contribution < 1.29 is 4.79 Å². The van der Waals surface area contributed by atoms with Gasteiger partial charge in [0, 0.05) is 17.8 Å². The normalized spacial score (nSPS) is 18.0. The fourth-order valence-electron chi connectivity index (χ4n) is 2.80. The summed E-state index contributed by atoms with van der Waals surface area (Å²) in [6.07, 6.45) is 3.49. The Morgan fingerprint density at radius 1 is 1.33 bits per heavy atom. The van der Waals surface area contributed by atoms with Crippen LogP contribution in [0, 0.1) is 0 Å². The number of amides is 1. The summed E-state index contributed by atoms with van der Waals surface area (Å²) in [5.74, 6) is -0.115. The molecule has 0 saturated carbocycles. The van der Waals surface area contributed by atoms with Crippen LogP contribution in [0.5, 0.6) is 0 Å². The minimum absolute atomic E-state index is 0.0395. The summed E-state index contributed by atoms with van der Waals surface area (Å²) in [6, 6.07) is 11.1. The SMILES string of the molecule is Nc1cccnc1C(=O)N1CCCC1c1cccc(Cl)c1. The molecule has 3 rings (SSSR count). The number of rotatable bonds is 2. The highest BCUT2D eigenvalue weighted by molar-refractivity contribution is 6.30. The van der Waals surface area contributed by atoms with Gasteiger partial charge in [-0.15, -0.1) is 0 Å². The zero-order valence-corrected chi connectivity index (χ0v) is 12.3. The van der Waals surface area contributed by atoms with Gasteiger partial charge in [-0.25, -0.2) is 4.98 Å². The van der Waals surface area contributed by atoms with Crippen LogP contribution >= 0.6 is 11.6 Å². The van der Waals surface area contributed by atoms with Crippen LogP contribution in [0.2, 0.25) is 5.02 Å². The first-order chi connectivity index (χ1) is 10.2. The molecule has 0 radical (unpaired) electrons. The Hall–Kier alpha value is -2.07. The largest absolute Gasteiger partial charge is 0.397 e. The topological polar surface area (TPSA) is 59.2 Å². The van der Waals surface area contributed by atoms with Crippen molar-refractivity contribution in [2.24, 2.45) is 0 Å². The second-order valence-corrected chi connectivity index (χ2v) is 5.59. The van der Waals surface area contributed by atoms with Crippen LogP contribution in [-0.4, -0.2) is 22.3 Å². The predicted octanol–water partition coefficient (Wildman–Crippen LogP) is 3.29. The minimum atomic E-state index is -0.115. The van der Waals surface area contributed by atoms with E-state index in [1.165, 1.54) is 0 Å². The lowest BCUT2D eigenvalue weighted by Gasteiger charge is -2.25.